The van der Waals surface area contributed by atoms with Gasteiger partial charge in [-0.25, -0.2) is 0 Å². The second-order valence-corrected chi connectivity index (χ2v) is 4.20. The van der Waals surface area contributed by atoms with Crippen LogP contribution in [0.4, 0.5) is 0 Å². The molecule has 1 N–H and O–H groups in total. The van der Waals surface area contributed by atoms with E-state index < -0.39 is 0 Å². The Labute approximate surface area is 100 Å². The lowest BCUT2D eigenvalue weighted by molar-refractivity contribution is 0.416. The summed E-state index contributed by atoms with van der Waals surface area (Å²) >= 11 is 0. The van der Waals surface area contributed by atoms with Gasteiger partial charge in [-0.2, -0.15) is 5.10 Å². The van der Waals surface area contributed by atoms with E-state index in [4.69, 9.17) is 4.74 Å². The number of rotatable bonds is 2. The van der Waals surface area contributed by atoms with Crippen LogP contribution in [0, 0.1) is 0 Å². The molecular weight excluding hydrogens is 214 g/mol. The van der Waals surface area contributed by atoms with Crippen molar-refractivity contribution in [1.82, 2.24) is 15.1 Å². The molecule has 0 bridgehead atoms. The van der Waals surface area contributed by atoms with E-state index >= 15 is 0 Å². The summed E-state index contributed by atoms with van der Waals surface area (Å²) in [5.74, 6) is 0.875. The first-order chi connectivity index (χ1) is 8.31. The van der Waals surface area contributed by atoms with Crippen molar-refractivity contribution in [1.29, 1.82) is 0 Å². The van der Waals surface area contributed by atoms with Crippen molar-refractivity contribution in [2.75, 3.05) is 7.11 Å². The lowest BCUT2D eigenvalue weighted by atomic mass is 10.1. The molecule has 1 aliphatic heterocycles. The first-order valence-corrected chi connectivity index (χ1v) is 5.70. The molecule has 2 aromatic rings. The summed E-state index contributed by atoms with van der Waals surface area (Å²) < 4.78 is 7.35. The van der Waals surface area contributed by atoms with Gasteiger partial charge in [0.05, 0.1) is 12.8 Å². The predicted octanol–water partition coefficient (Wildman–Crippen LogP) is 1.70. The first kappa shape index (κ1) is 10.4. The number of para-hydroxylation sites is 1. The van der Waals surface area contributed by atoms with Gasteiger partial charge in [0.15, 0.2) is 0 Å². The van der Waals surface area contributed by atoms with Crippen LogP contribution in [-0.4, -0.2) is 16.9 Å². The highest BCUT2D eigenvalue weighted by molar-refractivity contribution is 5.71. The minimum atomic E-state index is 0.875. The lowest BCUT2D eigenvalue weighted by Gasteiger charge is -2.06. The Morgan fingerprint density at radius 3 is 2.94 bits per heavy atom. The summed E-state index contributed by atoms with van der Waals surface area (Å²) in [6, 6.07) is 8.02. The van der Waals surface area contributed by atoms with Gasteiger partial charge in [-0.15, -0.1) is 0 Å². The van der Waals surface area contributed by atoms with Gasteiger partial charge in [0, 0.05) is 31.3 Å². The molecule has 0 atom stereocenters. The highest BCUT2D eigenvalue weighted by atomic mass is 16.5. The number of aromatic nitrogens is 2. The van der Waals surface area contributed by atoms with Crippen LogP contribution in [-0.2, 0) is 20.1 Å². The molecule has 17 heavy (non-hydrogen) atoms. The molecule has 0 saturated heterocycles. The van der Waals surface area contributed by atoms with Gasteiger partial charge in [0.25, 0.3) is 0 Å². The third kappa shape index (κ3) is 1.52. The van der Waals surface area contributed by atoms with Crippen molar-refractivity contribution in [3.05, 3.63) is 35.5 Å². The van der Waals surface area contributed by atoms with Crippen LogP contribution < -0.4 is 10.1 Å². The van der Waals surface area contributed by atoms with Crippen molar-refractivity contribution in [3.63, 3.8) is 0 Å². The largest absolute Gasteiger partial charge is 0.496 e. The van der Waals surface area contributed by atoms with Crippen molar-refractivity contribution in [2.24, 2.45) is 7.05 Å². The van der Waals surface area contributed by atoms with Crippen LogP contribution in [0.5, 0.6) is 5.75 Å². The maximum atomic E-state index is 5.40. The molecule has 0 radical (unpaired) electrons. The number of methoxy groups -OCH3 is 1. The van der Waals surface area contributed by atoms with Gasteiger partial charge in [0.1, 0.15) is 11.4 Å². The fourth-order valence-corrected chi connectivity index (χ4v) is 2.37. The Balaban J connectivity index is 2.19. The highest BCUT2D eigenvalue weighted by Crippen LogP contribution is 2.33. The zero-order valence-electron chi connectivity index (χ0n) is 10.0. The summed E-state index contributed by atoms with van der Waals surface area (Å²) in [5, 5.41) is 7.96. The Bertz CT molecular complexity index is 560. The molecule has 4 nitrogen and oxygen atoms in total. The smallest absolute Gasteiger partial charge is 0.128 e. The standard InChI is InChI=1S/C13H15N3O/c1-16-11-8-14-7-10(11)13(15-16)9-5-3-4-6-12(9)17-2/h3-6,14H,7-8H2,1-2H3. The van der Waals surface area contributed by atoms with Crippen molar-refractivity contribution in [2.45, 2.75) is 13.1 Å². The number of nitrogens with zero attached hydrogens (tertiary/aromatic N) is 2. The average Bonchev–Trinajstić information content (AvgIpc) is 2.94. The van der Waals surface area contributed by atoms with E-state index in [-0.39, 0.29) is 0 Å². The minimum absolute atomic E-state index is 0.875. The molecular formula is C13H15N3O. The summed E-state index contributed by atoms with van der Waals surface area (Å²) in [5.41, 5.74) is 4.66. The molecule has 1 aromatic heterocycles. The monoisotopic (exact) mass is 229 g/mol. The van der Waals surface area contributed by atoms with Gasteiger partial charge in [-0.3, -0.25) is 4.68 Å². The van der Waals surface area contributed by atoms with Crippen LogP contribution in [0.2, 0.25) is 0 Å². The number of ether oxygens (including phenoxy) is 1. The minimum Gasteiger partial charge on any atom is -0.496 e. The molecule has 0 unspecified atom stereocenters. The van der Waals surface area contributed by atoms with E-state index in [1.807, 2.05) is 29.9 Å². The lowest BCUT2D eigenvalue weighted by Crippen LogP contribution is -2.06. The van der Waals surface area contributed by atoms with Gasteiger partial charge >= 0.3 is 0 Å². The molecule has 2 heterocycles. The Morgan fingerprint density at radius 2 is 2.12 bits per heavy atom. The average molecular weight is 229 g/mol. The zero-order valence-corrected chi connectivity index (χ0v) is 10.0. The quantitative estimate of drug-likeness (QED) is 0.852. The molecule has 0 fully saturated rings. The van der Waals surface area contributed by atoms with E-state index in [2.05, 4.69) is 16.5 Å². The fraction of sp³-hybridized carbons (Fsp3) is 0.308. The molecule has 1 aliphatic rings. The summed E-state index contributed by atoms with van der Waals surface area (Å²) in [4.78, 5) is 0. The van der Waals surface area contributed by atoms with Crippen LogP contribution in [0.3, 0.4) is 0 Å². The Kier molecular flexibility index (Phi) is 2.37. The number of hydrogen-bond donors (Lipinski definition) is 1. The Hall–Kier alpha value is -1.81. The number of hydrogen-bond acceptors (Lipinski definition) is 3. The van der Waals surface area contributed by atoms with Crippen LogP contribution >= 0.6 is 0 Å². The summed E-state index contributed by atoms with van der Waals surface area (Å²) in [6.45, 7) is 1.78. The van der Waals surface area contributed by atoms with Crippen LogP contribution in [0.25, 0.3) is 11.3 Å². The van der Waals surface area contributed by atoms with E-state index in [0.717, 1.165) is 30.1 Å². The van der Waals surface area contributed by atoms with Crippen molar-refractivity contribution < 1.29 is 4.74 Å². The molecule has 3 rings (SSSR count). The van der Waals surface area contributed by atoms with Crippen LogP contribution in [0.1, 0.15) is 11.3 Å². The summed E-state index contributed by atoms with van der Waals surface area (Å²) in [7, 11) is 3.69. The van der Waals surface area contributed by atoms with E-state index in [1.165, 1.54) is 11.3 Å². The SMILES string of the molecule is COc1ccccc1-c1nn(C)c2c1CNC2. The molecule has 88 valence electrons. The molecule has 0 saturated carbocycles. The summed E-state index contributed by atoms with van der Waals surface area (Å²) in [6.07, 6.45) is 0. The maximum Gasteiger partial charge on any atom is 0.128 e. The third-order valence-electron chi connectivity index (χ3n) is 3.23. The Morgan fingerprint density at radius 1 is 1.29 bits per heavy atom. The molecule has 0 amide bonds. The topological polar surface area (TPSA) is 39.1 Å². The van der Waals surface area contributed by atoms with Gasteiger partial charge in [0.2, 0.25) is 0 Å². The molecule has 4 heteroatoms. The molecule has 1 aromatic carbocycles. The normalized spacial score (nSPS) is 13.8. The second-order valence-electron chi connectivity index (χ2n) is 4.20. The maximum absolute atomic E-state index is 5.40. The first-order valence-electron chi connectivity index (χ1n) is 5.70. The second kappa shape index (κ2) is 3.89. The number of fused-ring (bicyclic) bond motifs is 1. The number of nitrogens with one attached hydrogen (secondary N) is 1. The zero-order chi connectivity index (χ0) is 11.8. The third-order valence-corrected chi connectivity index (χ3v) is 3.23. The van der Waals surface area contributed by atoms with E-state index in [1.54, 1.807) is 7.11 Å². The number of benzene rings is 1. The number of aryl methyl sites for hydroxylation is 1. The fourth-order valence-electron chi connectivity index (χ4n) is 2.37. The van der Waals surface area contributed by atoms with Gasteiger partial charge in [-0.1, -0.05) is 12.1 Å². The predicted molar refractivity (Wildman–Crippen MR) is 65.7 cm³/mol. The molecule has 0 aliphatic carbocycles. The van der Waals surface area contributed by atoms with Crippen LogP contribution in [0.15, 0.2) is 24.3 Å². The van der Waals surface area contributed by atoms with Crippen molar-refractivity contribution in [3.8, 4) is 17.0 Å². The van der Waals surface area contributed by atoms with Gasteiger partial charge in [-0.05, 0) is 12.1 Å². The molecule has 0 spiro atoms. The highest BCUT2D eigenvalue weighted by Gasteiger charge is 2.22. The van der Waals surface area contributed by atoms with E-state index in [0.29, 0.717) is 0 Å². The van der Waals surface area contributed by atoms with E-state index in [9.17, 15) is 0 Å². The van der Waals surface area contributed by atoms with Gasteiger partial charge < -0.3 is 10.1 Å². The van der Waals surface area contributed by atoms with Crippen molar-refractivity contribution >= 4 is 0 Å².